The van der Waals surface area contributed by atoms with Crippen molar-refractivity contribution >= 4 is 0 Å². The van der Waals surface area contributed by atoms with Gasteiger partial charge in [0.15, 0.2) is 0 Å². The first kappa shape index (κ1) is 14.9. The maximum atomic E-state index is 9.60. The Hall–Kier alpha value is -0.160. The summed E-state index contributed by atoms with van der Waals surface area (Å²) in [5.41, 5.74) is -0.237. The second-order valence-corrected chi connectivity index (χ2v) is 5.94. The van der Waals surface area contributed by atoms with Crippen LogP contribution in [0.15, 0.2) is 0 Å². The fraction of sp³-hybridized carbons (Fsp3) is 1.00. The lowest BCUT2D eigenvalue weighted by Crippen LogP contribution is -2.60. The van der Waals surface area contributed by atoms with Crippen LogP contribution in [0.25, 0.3) is 0 Å². The molecular weight excluding hydrogens is 216 g/mol. The maximum absolute atomic E-state index is 9.60. The van der Waals surface area contributed by atoms with Gasteiger partial charge in [-0.1, -0.05) is 13.8 Å². The molecule has 0 spiro atoms. The molecule has 1 rings (SSSR count). The van der Waals surface area contributed by atoms with E-state index in [1.165, 1.54) is 0 Å². The highest BCUT2D eigenvalue weighted by Crippen LogP contribution is 2.16. The first-order chi connectivity index (χ1) is 7.86. The average molecular weight is 244 g/mol. The summed E-state index contributed by atoms with van der Waals surface area (Å²) < 4.78 is 5.62. The molecule has 0 bridgehead atoms. The zero-order valence-electron chi connectivity index (χ0n) is 11.9. The Morgan fingerprint density at radius 3 is 2.65 bits per heavy atom. The van der Waals surface area contributed by atoms with Crippen molar-refractivity contribution in [2.24, 2.45) is 0 Å². The minimum atomic E-state index is -0.237. The summed E-state index contributed by atoms with van der Waals surface area (Å²) in [6, 6.07) is 0.798. The van der Waals surface area contributed by atoms with Crippen molar-refractivity contribution < 1.29 is 9.84 Å². The van der Waals surface area contributed by atoms with Crippen LogP contribution < -0.4 is 5.32 Å². The van der Waals surface area contributed by atoms with Crippen LogP contribution in [0, 0.1) is 0 Å². The van der Waals surface area contributed by atoms with E-state index in [-0.39, 0.29) is 18.2 Å². The number of hydrogen-bond donors (Lipinski definition) is 2. The van der Waals surface area contributed by atoms with Crippen LogP contribution in [0.2, 0.25) is 0 Å². The van der Waals surface area contributed by atoms with Gasteiger partial charge >= 0.3 is 0 Å². The summed E-state index contributed by atoms with van der Waals surface area (Å²) in [5.74, 6) is 0. The van der Waals surface area contributed by atoms with Gasteiger partial charge in [0.2, 0.25) is 0 Å². The molecule has 4 nitrogen and oxygen atoms in total. The smallest absolute Gasteiger partial charge is 0.0674 e. The zero-order valence-corrected chi connectivity index (χ0v) is 11.9. The molecule has 0 aromatic rings. The number of ether oxygens (including phenoxy) is 1. The molecule has 0 amide bonds. The average Bonchev–Trinajstić information content (AvgIpc) is 2.22. The first-order valence-corrected chi connectivity index (χ1v) is 6.60. The Morgan fingerprint density at radius 1 is 1.47 bits per heavy atom. The van der Waals surface area contributed by atoms with Crippen molar-refractivity contribution in [3.63, 3.8) is 0 Å². The van der Waals surface area contributed by atoms with Gasteiger partial charge in [0.05, 0.1) is 24.9 Å². The third kappa shape index (κ3) is 4.54. The van der Waals surface area contributed by atoms with E-state index in [9.17, 15) is 5.11 Å². The minimum Gasteiger partial charge on any atom is -0.394 e. The fourth-order valence-electron chi connectivity index (χ4n) is 2.48. The molecule has 1 fully saturated rings. The second-order valence-electron chi connectivity index (χ2n) is 5.94. The highest BCUT2D eigenvalue weighted by Gasteiger charge is 2.31. The van der Waals surface area contributed by atoms with Crippen LogP contribution in [0.1, 0.15) is 34.6 Å². The molecule has 3 unspecified atom stereocenters. The van der Waals surface area contributed by atoms with Crippen LogP contribution in [-0.2, 0) is 4.74 Å². The van der Waals surface area contributed by atoms with Gasteiger partial charge in [-0.15, -0.1) is 0 Å². The van der Waals surface area contributed by atoms with E-state index < -0.39 is 0 Å². The van der Waals surface area contributed by atoms with Crippen molar-refractivity contribution in [1.29, 1.82) is 0 Å². The molecule has 0 aliphatic carbocycles. The lowest BCUT2D eigenvalue weighted by atomic mass is 10.00. The van der Waals surface area contributed by atoms with Crippen molar-refractivity contribution in [3.8, 4) is 0 Å². The van der Waals surface area contributed by atoms with Gasteiger partial charge in [-0.3, -0.25) is 4.90 Å². The Balaban J connectivity index is 2.59. The largest absolute Gasteiger partial charge is 0.394 e. The van der Waals surface area contributed by atoms with E-state index >= 15 is 0 Å². The maximum Gasteiger partial charge on any atom is 0.0674 e. The number of aliphatic hydroxyl groups is 1. The summed E-state index contributed by atoms with van der Waals surface area (Å²) >= 11 is 0. The van der Waals surface area contributed by atoms with E-state index in [1.54, 1.807) is 0 Å². The van der Waals surface area contributed by atoms with Gasteiger partial charge < -0.3 is 15.2 Å². The van der Waals surface area contributed by atoms with Gasteiger partial charge in [0.1, 0.15) is 0 Å². The molecule has 3 atom stereocenters. The molecule has 0 saturated carbocycles. The molecule has 0 aromatic carbocycles. The Morgan fingerprint density at radius 2 is 2.12 bits per heavy atom. The number of morpholine rings is 1. The second kappa shape index (κ2) is 6.14. The van der Waals surface area contributed by atoms with E-state index in [0.717, 1.165) is 19.7 Å². The van der Waals surface area contributed by atoms with Crippen LogP contribution in [0.5, 0.6) is 0 Å². The van der Waals surface area contributed by atoms with Crippen molar-refractivity contribution in [2.45, 2.75) is 58.3 Å². The number of nitrogens with one attached hydrogen (secondary N) is 1. The van der Waals surface area contributed by atoms with Gasteiger partial charge in [0, 0.05) is 25.2 Å². The standard InChI is InChI=1S/C13H28N2O2/c1-10(2)14-13(5,9-16)8-15-6-12(4)17-7-11(15)3/h10-12,14,16H,6-9H2,1-5H3. The SMILES string of the molecule is CC(C)NC(C)(CO)CN1CC(C)OCC1C. The van der Waals surface area contributed by atoms with Crippen molar-refractivity contribution in [2.75, 3.05) is 26.3 Å². The molecule has 0 radical (unpaired) electrons. The predicted molar refractivity (Wildman–Crippen MR) is 70.2 cm³/mol. The monoisotopic (exact) mass is 244 g/mol. The lowest BCUT2D eigenvalue weighted by molar-refractivity contribution is -0.0609. The Bertz CT molecular complexity index is 235. The number of rotatable bonds is 5. The highest BCUT2D eigenvalue weighted by molar-refractivity contribution is 4.90. The molecule has 1 saturated heterocycles. The van der Waals surface area contributed by atoms with Crippen molar-refractivity contribution in [1.82, 2.24) is 10.2 Å². The zero-order chi connectivity index (χ0) is 13.1. The normalized spacial score (nSPS) is 30.5. The molecule has 4 heteroatoms. The molecule has 17 heavy (non-hydrogen) atoms. The van der Waals surface area contributed by atoms with Crippen LogP contribution >= 0.6 is 0 Å². The van der Waals surface area contributed by atoms with Crippen LogP contribution in [0.3, 0.4) is 0 Å². The fourth-order valence-corrected chi connectivity index (χ4v) is 2.48. The van der Waals surface area contributed by atoms with Crippen LogP contribution in [0.4, 0.5) is 0 Å². The third-order valence-corrected chi connectivity index (χ3v) is 3.28. The summed E-state index contributed by atoms with van der Waals surface area (Å²) in [6.07, 6.45) is 0.285. The van der Waals surface area contributed by atoms with Crippen molar-refractivity contribution in [3.05, 3.63) is 0 Å². The van der Waals surface area contributed by atoms with E-state index in [4.69, 9.17) is 4.74 Å². The van der Waals surface area contributed by atoms with Gasteiger partial charge in [-0.05, 0) is 20.8 Å². The summed E-state index contributed by atoms with van der Waals surface area (Å²) in [7, 11) is 0. The highest BCUT2D eigenvalue weighted by atomic mass is 16.5. The number of hydrogen-bond acceptors (Lipinski definition) is 4. The molecule has 1 aliphatic heterocycles. The van der Waals surface area contributed by atoms with E-state index in [1.807, 2.05) is 0 Å². The minimum absolute atomic E-state index is 0.156. The van der Waals surface area contributed by atoms with Crippen LogP contribution in [-0.4, -0.2) is 60.0 Å². The van der Waals surface area contributed by atoms with Gasteiger partial charge in [0.25, 0.3) is 0 Å². The third-order valence-electron chi connectivity index (χ3n) is 3.28. The molecule has 1 heterocycles. The summed E-state index contributed by atoms with van der Waals surface area (Å²) in [4.78, 5) is 2.40. The molecular formula is C13H28N2O2. The number of aliphatic hydroxyl groups excluding tert-OH is 1. The number of nitrogens with zero attached hydrogens (tertiary/aromatic N) is 1. The quantitative estimate of drug-likeness (QED) is 0.752. The molecule has 1 aliphatic rings. The first-order valence-electron chi connectivity index (χ1n) is 6.60. The van der Waals surface area contributed by atoms with Gasteiger partial charge in [-0.25, -0.2) is 0 Å². The summed E-state index contributed by atoms with van der Waals surface area (Å²) in [6.45, 7) is 13.3. The molecule has 102 valence electrons. The molecule has 2 N–H and O–H groups in total. The van der Waals surface area contributed by atoms with Gasteiger partial charge in [-0.2, -0.15) is 0 Å². The van der Waals surface area contributed by atoms with E-state index in [2.05, 4.69) is 44.8 Å². The summed E-state index contributed by atoms with van der Waals surface area (Å²) in [5, 5.41) is 13.1. The van der Waals surface area contributed by atoms with E-state index in [0.29, 0.717) is 12.1 Å². The Labute approximate surface area is 105 Å². The molecule has 0 aromatic heterocycles. The predicted octanol–water partition coefficient (Wildman–Crippen LogP) is 0.845. The Kier molecular flexibility index (Phi) is 5.38. The lowest BCUT2D eigenvalue weighted by Gasteiger charge is -2.42. The topological polar surface area (TPSA) is 44.7 Å².